The van der Waals surface area contributed by atoms with Gasteiger partial charge in [-0.1, -0.05) is 17.7 Å². The molecule has 0 aliphatic rings. The number of nitro benzene ring substituents is 1. The molecular weight excluding hydrogens is 237 g/mol. The van der Waals surface area contributed by atoms with E-state index in [1.54, 1.807) is 12.1 Å². The van der Waals surface area contributed by atoms with Crippen molar-refractivity contribution in [3.05, 3.63) is 64.0 Å². The fraction of sp³-hybridized carbons (Fsp3) is 0.0769. The molecular formula is C13H10FNO3. The van der Waals surface area contributed by atoms with E-state index in [9.17, 15) is 14.5 Å². The second-order valence-corrected chi connectivity index (χ2v) is 3.79. The minimum Gasteiger partial charge on any atom is -0.457 e. The van der Waals surface area contributed by atoms with Gasteiger partial charge in [-0.05, 0) is 25.1 Å². The van der Waals surface area contributed by atoms with Crippen LogP contribution >= 0.6 is 0 Å². The number of hydrogen-bond acceptors (Lipinski definition) is 3. The standard InChI is InChI=1S/C13H10FNO3/c1-9-2-4-10(5-3-9)18-11-6-7-13(15(16)17)12(14)8-11/h2-8H,1H3. The number of nitro groups is 1. The van der Waals surface area contributed by atoms with Crippen molar-refractivity contribution in [3.63, 3.8) is 0 Å². The van der Waals surface area contributed by atoms with Crippen LogP contribution in [0.3, 0.4) is 0 Å². The van der Waals surface area contributed by atoms with E-state index in [0.717, 1.165) is 17.7 Å². The van der Waals surface area contributed by atoms with E-state index in [2.05, 4.69) is 0 Å². The lowest BCUT2D eigenvalue weighted by Gasteiger charge is -2.05. The molecule has 0 unspecified atom stereocenters. The van der Waals surface area contributed by atoms with Crippen molar-refractivity contribution in [1.82, 2.24) is 0 Å². The molecule has 0 radical (unpaired) electrons. The van der Waals surface area contributed by atoms with Crippen LogP contribution in [0.15, 0.2) is 42.5 Å². The van der Waals surface area contributed by atoms with Crippen LogP contribution in [0.25, 0.3) is 0 Å². The second-order valence-electron chi connectivity index (χ2n) is 3.79. The van der Waals surface area contributed by atoms with Crippen molar-refractivity contribution in [2.75, 3.05) is 0 Å². The molecule has 0 heterocycles. The molecule has 0 aromatic heterocycles. The van der Waals surface area contributed by atoms with Gasteiger partial charge in [0.1, 0.15) is 11.5 Å². The van der Waals surface area contributed by atoms with Gasteiger partial charge in [0, 0.05) is 12.1 Å². The number of halogens is 1. The minimum atomic E-state index is -0.912. The molecule has 0 bridgehead atoms. The Labute approximate surface area is 103 Å². The van der Waals surface area contributed by atoms with E-state index >= 15 is 0 Å². The molecule has 0 amide bonds. The van der Waals surface area contributed by atoms with Crippen molar-refractivity contribution in [1.29, 1.82) is 0 Å². The first-order valence-corrected chi connectivity index (χ1v) is 5.25. The molecule has 0 aliphatic heterocycles. The van der Waals surface area contributed by atoms with Crippen LogP contribution in [0.4, 0.5) is 10.1 Å². The van der Waals surface area contributed by atoms with Crippen LogP contribution in [-0.2, 0) is 0 Å². The summed E-state index contributed by atoms with van der Waals surface area (Å²) in [5, 5.41) is 10.5. The highest BCUT2D eigenvalue weighted by atomic mass is 19.1. The SMILES string of the molecule is Cc1ccc(Oc2ccc([N+](=O)[O-])c(F)c2)cc1. The molecule has 4 nitrogen and oxygen atoms in total. The first-order chi connectivity index (χ1) is 8.56. The Bertz CT molecular complexity index is 581. The third-order valence-corrected chi connectivity index (χ3v) is 2.37. The summed E-state index contributed by atoms with van der Waals surface area (Å²) >= 11 is 0. The summed E-state index contributed by atoms with van der Waals surface area (Å²) in [7, 11) is 0. The van der Waals surface area contributed by atoms with Crippen LogP contribution in [0.1, 0.15) is 5.56 Å². The van der Waals surface area contributed by atoms with Crippen LogP contribution in [-0.4, -0.2) is 4.92 Å². The molecule has 2 aromatic carbocycles. The van der Waals surface area contributed by atoms with Gasteiger partial charge in [-0.15, -0.1) is 0 Å². The summed E-state index contributed by atoms with van der Waals surface area (Å²) in [5.74, 6) is -0.139. The van der Waals surface area contributed by atoms with Gasteiger partial charge < -0.3 is 4.74 Å². The van der Waals surface area contributed by atoms with Gasteiger partial charge in [0.25, 0.3) is 0 Å². The molecule has 0 atom stereocenters. The van der Waals surface area contributed by atoms with Crippen LogP contribution in [0.2, 0.25) is 0 Å². The second kappa shape index (κ2) is 4.83. The van der Waals surface area contributed by atoms with Crippen molar-refractivity contribution in [2.45, 2.75) is 6.92 Å². The Hall–Kier alpha value is -2.43. The van der Waals surface area contributed by atoms with Gasteiger partial charge in [0.15, 0.2) is 0 Å². The average molecular weight is 247 g/mol. The highest BCUT2D eigenvalue weighted by Crippen LogP contribution is 2.26. The Balaban J connectivity index is 2.22. The van der Waals surface area contributed by atoms with Gasteiger partial charge in [-0.3, -0.25) is 10.1 Å². The molecule has 0 N–H and O–H groups in total. The predicted molar refractivity (Wildman–Crippen MR) is 64.3 cm³/mol. The molecule has 0 fully saturated rings. The van der Waals surface area contributed by atoms with Gasteiger partial charge in [-0.25, -0.2) is 0 Å². The number of ether oxygens (including phenoxy) is 1. The molecule has 0 spiro atoms. The number of aryl methyl sites for hydroxylation is 1. The largest absolute Gasteiger partial charge is 0.457 e. The van der Waals surface area contributed by atoms with Crippen LogP contribution < -0.4 is 4.74 Å². The molecule has 2 aromatic rings. The van der Waals surface area contributed by atoms with Gasteiger partial charge in [-0.2, -0.15) is 4.39 Å². The number of hydrogen-bond donors (Lipinski definition) is 0. The molecule has 0 saturated heterocycles. The summed E-state index contributed by atoms with van der Waals surface area (Å²) < 4.78 is 18.7. The Morgan fingerprint density at radius 3 is 2.28 bits per heavy atom. The van der Waals surface area contributed by atoms with E-state index in [4.69, 9.17) is 4.74 Å². The summed E-state index contributed by atoms with van der Waals surface area (Å²) in [4.78, 5) is 9.68. The summed E-state index contributed by atoms with van der Waals surface area (Å²) in [6, 6.07) is 10.6. The Kier molecular flexibility index (Phi) is 3.23. The molecule has 5 heteroatoms. The number of rotatable bonds is 3. The third kappa shape index (κ3) is 2.63. The van der Waals surface area contributed by atoms with Crippen LogP contribution in [0, 0.1) is 22.9 Å². The third-order valence-electron chi connectivity index (χ3n) is 2.37. The smallest absolute Gasteiger partial charge is 0.305 e. The lowest BCUT2D eigenvalue weighted by atomic mass is 10.2. The maximum atomic E-state index is 13.3. The molecule has 18 heavy (non-hydrogen) atoms. The lowest BCUT2D eigenvalue weighted by molar-refractivity contribution is -0.387. The zero-order valence-electron chi connectivity index (χ0n) is 9.59. The summed E-state index contributed by atoms with van der Waals surface area (Å²) in [5.41, 5.74) is 0.517. The molecule has 0 aliphatic carbocycles. The molecule has 2 rings (SSSR count). The highest BCUT2D eigenvalue weighted by Gasteiger charge is 2.14. The van der Waals surface area contributed by atoms with E-state index < -0.39 is 16.4 Å². The van der Waals surface area contributed by atoms with E-state index in [1.807, 2.05) is 19.1 Å². The minimum absolute atomic E-state index is 0.224. The Morgan fingerprint density at radius 1 is 1.11 bits per heavy atom. The van der Waals surface area contributed by atoms with Crippen molar-refractivity contribution >= 4 is 5.69 Å². The van der Waals surface area contributed by atoms with Gasteiger partial charge in [0.05, 0.1) is 4.92 Å². The topological polar surface area (TPSA) is 52.4 Å². The number of nitrogens with zero attached hydrogens (tertiary/aromatic N) is 1. The lowest BCUT2D eigenvalue weighted by Crippen LogP contribution is -1.93. The normalized spacial score (nSPS) is 10.1. The first-order valence-electron chi connectivity index (χ1n) is 5.25. The van der Waals surface area contributed by atoms with Crippen molar-refractivity contribution < 1.29 is 14.1 Å². The van der Waals surface area contributed by atoms with E-state index in [-0.39, 0.29) is 5.75 Å². The monoisotopic (exact) mass is 247 g/mol. The molecule has 92 valence electrons. The van der Waals surface area contributed by atoms with E-state index in [1.165, 1.54) is 6.07 Å². The zero-order valence-corrected chi connectivity index (χ0v) is 9.59. The first kappa shape index (κ1) is 12.0. The van der Waals surface area contributed by atoms with Crippen molar-refractivity contribution in [3.8, 4) is 11.5 Å². The van der Waals surface area contributed by atoms with E-state index in [0.29, 0.717) is 5.75 Å². The van der Waals surface area contributed by atoms with Crippen molar-refractivity contribution in [2.24, 2.45) is 0 Å². The van der Waals surface area contributed by atoms with Gasteiger partial charge >= 0.3 is 5.69 Å². The van der Waals surface area contributed by atoms with Crippen LogP contribution in [0.5, 0.6) is 11.5 Å². The fourth-order valence-electron chi connectivity index (χ4n) is 1.44. The predicted octanol–water partition coefficient (Wildman–Crippen LogP) is 3.83. The Morgan fingerprint density at radius 2 is 1.72 bits per heavy atom. The number of benzene rings is 2. The average Bonchev–Trinajstić information content (AvgIpc) is 2.32. The zero-order chi connectivity index (χ0) is 13.1. The molecule has 0 saturated carbocycles. The maximum Gasteiger partial charge on any atom is 0.305 e. The highest BCUT2D eigenvalue weighted by molar-refractivity contribution is 5.40. The maximum absolute atomic E-state index is 13.3. The summed E-state index contributed by atoms with van der Waals surface area (Å²) in [6.45, 7) is 1.94. The summed E-state index contributed by atoms with van der Waals surface area (Å²) in [6.07, 6.45) is 0. The fourth-order valence-corrected chi connectivity index (χ4v) is 1.44. The van der Waals surface area contributed by atoms with Gasteiger partial charge in [0.2, 0.25) is 5.82 Å². The quantitative estimate of drug-likeness (QED) is 0.611.